The summed E-state index contributed by atoms with van der Waals surface area (Å²) >= 11 is 0. The molecule has 2 N–H and O–H groups in total. The van der Waals surface area contributed by atoms with Gasteiger partial charge in [0.15, 0.2) is 0 Å². The van der Waals surface area contributed by atoms with Gasteiger partial charge in [0.1, 0.15) is 6.54 Å². The smallest absolute Gasteiger partial charge is 0.390 e. The predicted molar refractivity (Wildman–Crippen MR) is 62.2 cm³/mol. The normalized spacial score (nSPS) is 11.2. The third kappa shape index (κ3) is 5.59. The number of aliphatic carboxylic acids is 1. The lowest BCUT2D eigenvalue weighted by Crippen LogP contribution is -2.34. The second-order valence-electron chi connectivity index (χ2n) is 4.04. The van der Waals surface area contributed by atoms with Gasteiger partial charge in [-0.3, -0.25) is 9.48 Å². The first kappa shape index (κ1) is 15.8. The monoisotopic (exact) mass is 294 g/mol. The van der Waals surface area contributed by atoms with Crippen LogP contribution in [0.2, 0.25) is 0 Å². The highest BCUT2D eigenvalue weighted by molar-refractivity contribution is 5.88. The zero-order valence-electron chi connectivity index (χ0n) is 10.5. The Morgan fingerprint density at radius 2 is 2.15 bits per heavy atom. The van der Waals surface area contributed by atoms with E-state index in [4.69, 9.17) is 5.11 Å². The maximum atomic E-state index is 12.0. The summed E-state index contributed by atoms with van der Waals surface area (Å²) in [6.07, 6.45) is -2.96. The fraction of sp³-hybridized carbons (Fsp3) is 0.500. The second-order valence-corrected chi connectivity index (χ2v) is 4.04. The summed E-state index contributed by atoms with van der Waals surface area (Å²) in [7, 11) is 1.22. The highest BCUT2D eigenvalue weighted by Gasteiger charge is 2.28. The fourth-order valence-electron chi connectivity index (χ4n) is 1.27. The van der Waals surface area contributed by atoms with Crippen molar-refractivity contribution in [1.82, 2.24) is 14.7 Å². The molecule has 0 fully saturated rings. The van der Waals surface area contributed by atoms with Crippen molar-refractivity contribution < 1.29 is 27.9 Å². The first-order chi connectivity index (χ1) is 9.17. The molecule has 10 heteroatoms. The van der Waals surface area contributed by atoms with E-state index < -0.39 is 31.1 Å². The van der Waals surface area contributed by atoms with Crippen LogP contribution in [0.1, 0.15) is 6.42 Å². The Balaban J connectivity index is 2.49. The van der Waals surface area contributed by atoms with Crippen LogP contribution in [0.15, 0.2) is 12.4 Å². The molecule has 7 nitrogen and oxygen atoms in total. The van der Waals surface area contributed by atoms with Gasteiger partial charge in [-0.25, -0.2) is 4.79 Å². The molecule has 1 heterocycles. The Hall–Kier alpha value is -2.26. The van der Waals surface area contributed by atoms with Crippen LogP contribution in [0, 0.1) is 0 Å². The lowest BCUT2D eigenvalue weighted by Gasteiger charge is -2.18. The number of alkyl halides is 3. The molecule has 0 aliphatic carbocycles. The van der Waals surface area contributed by atoms with Crippen LogP contribution in [0.25, 0.3) is 0 Å². The number of anilines is 1. The average molecular weight is 294 g/mol. The van der Waals surface area contributed by atoms with Gasteiger partial charge >= 0.3 is 18.2 Å². The van der Waals surface area contributed by atoms with Crippen LogP contribution in [-0.2, 0) is 11.3 Å². The Bertz CT molecular complexity index is 486. The molecule has 0 aliphatic heterocycles. The number of carboxylic acids is 1. The topological polar surface area (TPSA) is 87.5 Å². The molecule has 0 radical (unpaired) electrons. The van der Waals surface area contributed by atoms with Gasteiger partial charge in [-0.1, -0.05) is 0 Å². The van der Waals surface area contributed by atoms with E-state index in [0.29, 0.717) is 0 Å². The number of hydrogen-bond donors (Lipinski definition) is 2. The van der Waals surface area contributed by atoms with E-state index in [1.807, 2.05) is 0 Å². The van der Waals surface area contributed by atoms with Gasteiger partial charge in [-0.05, 0) is 0 Å². The molecular weight excluding hydrogens is 281 g/mol. The molecule has 0 spiro atoms. The predicted octanol–water partition coefficient (Wildman–Crippen LogP) is 1.38. The van der Waals surface area contributed by atoms with E-state index >= 15 is 0 Å². The third-order valence-electron chi connectivity index (χ3n) is 2.26. The quantitative estimate of drug-likeness (QED) is 0.859. The molecule has 0 saturated heterocycles. The van der Waals surface area contributed by atoms with Gasteiger partial charge < -0.3 is 15.3 Å². The zero-order valence-corrected chi connectivity index (χ0v) is 10.5. The third-order valence-corrected chi connectivity index (χ3v) is 2.26. The van der Waals surface area contributed by atoms with Crippen LogP contribution in [0.3, 0.4) is 0 Å². The highest BCUT2D eigenvalue weighted by atomic mass is 19.4. The number of carbonyl (C=O) groups is 2. The fourth-order valence-corrected chi connectivity index (χ4v) is 1.27. The molecule has 0 unspecified atom stereocenters. The van der Waals surface area contributed by atoms with Crippen molar-refractivity contribution >= 4 is 17.7 Å². The minimum atomic E-state index is -4.33. The molecule has 1 aromatic heterocycles. The summed E-state index contributed by atoms with van der Waals surface area (Å²) < 4.78 is 37.1. The van der Waals surface area contributed by atoms with E-state index in [2.05, 4.69) is 10.4 Å². The van der Waals surface area contributed by atoms with Crippen molar-refractivity contribution in [3.8, 4) is 0 Å². The standard InChI is InChI=1S/C10H13F3N4O3/c1-16(3-2-10(11,12)13)9(20)15-7-4-14-17(5-7)6-8(18)19/h4-5H,2-3,6H2,1H3,(H,15,20)(H,18,19). The Kier molecular flexibility index (Phi) is 4.94. The van der Waals surface area contributed by atoms with E-state index in [9.17, 15) is 22.8 Å². The largest absolute Gasteiger partial charge is 0.480 e. The summed E-state index contributed by atoms with van der Waals surface area (Å²) in [5.74, 6) is -1.10. The van der Waals surface area contributed by atoms with Crippen LogP contribution in [-0.4, -0.2) is 51.6 Å². The molecule has 112 valence electrons. The first-order valence-electron chi connectivity index (χ1n) is 5.50. The van der Waals surface area contributed by atoms with Crippen LogP contribution < -0.4 is 5.32 Å². The van der Waals surface area contributed by atoms with E-state index in [0.717, 1.165) is 9.58 Å². The van der Waals surface area contributed by atoms with Gasteiger partial charge in [-0.2, -0.15) is 18.3 Å². The number of aromatic nitrogens is 2. The van der Waals surface area contributed by atoms with Crippen molar-refractivity contribution in [2.75, 3.05) is 18.9 Å². The van der Waals surface area contributed by atoms with Crippen molar-refractivity contribution in [1.29, 1.82) is 0 Å². The molecule has 0 aliphatic rings. The van der Waals surface area contributed by atoms with Gasteiger partial charge in [0.25, 0.3) is 0 Å². The number of amides is 2. The zero-order chi connectivity index (χ0) is 15.3. The Morgan fingerprint density at radius 3 is 2.70 bits per heavy atom. The molecular formula is C10H13F3N4O3. The van der Waals surface area contributed by atoms with Crippen molar-refractivity contribution in [2.24, 2.45) is 0 Å². The maximum Gasteiger partial charge on any atom is 0.390 e. The molecule has 0 bridgehead atoms. The number of nitrogens with one attached hydrogen (secondary N) is 1. The summed E-state index contributed by atoms with van der Waals surface area (Å²) in [5, 5.41) is 14.5. The summed E-state index contributed by atoms with van der Waals surface area (Å²) in [5.41, 5.74) is 0.204. The molecule has 1 aromatic rings. The summed E-state index contributed by atoms with van der Waals surface area (Å²) in [6.45, 7) is -0.849. The number of urea groups is 1. The molecule has 2 amide bonds. The van der Waals surface area contributed by atoms with E-state index in [1.54, 1.807) is 0 Å². The number of carbonyl (C=O) groups excluding carboxylic acids is 1. The second kappa shape index (κ2) is 6.26. The number of rotatable bonds is 5. The van der Waals surface area contributed by atoms with Crippen LogP contribution in [0.5, 0.6) is 0 Å². The van der Waals surface area contributed by atoms with E-state index in [1.165, 1.54) is 19.4 Å². The molecule has 20 heavy (non-hydrogen) atoms. The lowest BCUT2D eigenvalue weighted by atomic mass is 10.4. The van der Waals surface area contributed by atoms with Gasteiger partial charge in [0.2, 0.25) is 0 Å². The van der Waals surface area contributed by atoms with Gasteiger partial charge in [-0.15, -0.1) is 0 Å². The number of hydrogen-bond acceptors (Lipinski definition) is 3. The van der Waals surface area contributed by atoms with Crippen molar-refractivity contribution in [3.63, 3.8) is 0 Å². The average Bonchev–Trinajstić information content (AvgIpc) is 2.71. The lowest BCUT2D eigenvalue weighted by molar-refractivity contribution is -0.138. The van der Waals surface area contributed by atoms with Crippen LogP contribution in [0.4, 0.5) is 23.7 Å². The van der Waals surface area contributed by atoms with Gasteiger partial charge in [0, 0.05) is 19.8 Å². The number of nitrogens with zero attached hydrogens (tertiary/aromatic N) is 3. The number of halogens is 3. The minimum Gasteiger partial charge on any atom is -0.480 e. The van der Waals surface area contributed by atoms with Crippen molar-refractivity contribution in [3.05, 3.63) is 12.4 Å². The maximum absolute atomic E-state index is 12.0. The first-order valence-corrected chi connectivity index (χ1v) is 5.50. The highest BCUT2D eigenvalue weighted by Crippen LogP contribution is 2.19. The minimum absolute atomic E-state index is 0.204. The molecule has 0 saturated carbocycles. The summed E-state index contributed by atoms with van der Waals surface area (Å²) in [4.78, 5) is 22.9. The Morgan fingerprint density at radius 1 is 1.50 bits per heavy atom. The molecule has 1 rings (SSSR count). The SMILES string of the molecule is CN(CCC(F)(F)F)C(=O)Nc1cnn(CC(=O)O)c1. The van der Waals surface area contributed by atoms with E-state index in [-0.39, 0.29) is 12.2 Å². The Labute approximate surface area is 112 Å². The molecule has 0 atom stereocenters. The summed E-state index contributed by atoms with van der Waals surface area (Å²) in [6, 6.07) is -0.732. The molecule has 0 aromatic carbocycles. The van der Waals surface area contributed by atoms with Crippen LogP contribution >= 0.6 is 0 Å². The van der Waals surface area contributed by atoms with Crippen molar-refractivity contribution in [2.45, 2.75) is 19.1 Å². The number of carboxylic acid groups (broad SMARTS) is 1. The van der Waals surface area contributed by atoms with Gasteiger partial charge in [0.05, 0.1) is 18.3 Å².